The number of piperidine rings is 1. The van der Waals surface area contributed by atoms with Crippen molar-refractivity contribution in [3.63, 3.8) is 0 Å². The van der Waals surface area contributed by atoms with Crippen LogP contribution in [0.2, 0.25) is 0 Å². The number of ether oxygens (including phenoxy) is 2. The Bertz CT molecular complexity index is 851. The molecular weight excluding hydrogens is 374 g/mol. The lowest BCUT2D eigenvalue weighted by Crippen LogP contribution is -2.52. The van der Waals surface area contributed by atoms with Crippen LogP contribution in [0, 0.1) is 11.8 Å². The first kappa shape index (κ1) is 19.4. The van der Waals surface area contributed by atoms with E-state index in [0.717, 1.165) is 37.4 Å². The zero-order valence-corrected chi connectivity index (χ0v) is 16.1. The number of hydrogen-bond acceptors (Lipinski definition) is 6. The van der Waals surface area contributed by atoms with Crippen molar-refractivity contribution in [3.8, 4) is 11.8 Å². The molecule has 152 valence electrons. The Morgan fingerprint density at radius 3 is 2.59 bits per heavy atom. The maximum atomic E-state index is 12.2. The largest absolute Gasteiger partial charge is 0.439 e. The van der Waals surface area contributed by atoms with Crippen molar-refractivity contribution in [1.29, 1.82) is 0 Å². The highest BCUT2D eigenvalue weighted by Crippen LogP contribution is 2.29. The SMILES string of the molecule is O=C1CCC(N2CC(c3ccc(C#CCN4CCOCC4)cc3)OC2=O)C(=O)N1. The molecule has 0 aliphatic carbocycles. The van der Waals surface area contributed by atoms with Gasteiger partial charge in [0.1, 0.15) is 12.1 Å². The second-order valence-corrected chi connectivity index (χ2v) is 7.30. The van der Waals surface area contributed by atoms with Gasteiger partial charge in [0, 0.05) is 25.1 Å². The molecule has 8 heteroatoms. The molecule has 1 N–H and O–H groups in total. The van der Waals surface area contributed by atoms with E-state index < -0.39 is 24.1 Å². The zero-order valence-electron chi connectivity index (χ0n) is 16.1. The van der Waals surface area contributed by atoms with E-state index in [9.17, 15) is 14.4 Å². The highest BCUT2D eigenvalue weighted by atomic mass is 16.6. The van der Waals surface area contributed by atoms with Crippen molar-refractivity contribution in [3.05, 3.63) is 35.4 Å². The van der Waals surface area contributed by atoms with Gasteiger partial charge in [-0.2, -0.15) is 0 Å². The fourth-order valence-corrected chi connectivity index (χ4v) is 3.68. The van der Waals surface area contributed by atoms with Crippen molar-refractivity contribution in [2.24, 2.45) is 0 Å². The van der Waals surface area contributed by atoms with Crippen molar-refractivity contribution >= 4 is 17.9 Å². The van der Waals surface area contributed by atoms with Crippen molar-refractivity contribution in [1.82, 2.24) is 15.1 Å². The summed E-state index contributed by atoms with van der Waals surface area (Å²) in [5.41, 5.74) is 1.75. The van der Waals surface area contributed by atoms with E-state index in [1.807, 2.05) is 24.3 Å². The number of benzene rings is 1. The van der Waals surface area contributed by atoms with Crippen LogP contribution < -0.4 is 5.32 Å². The van der Waals surface area contributed by atoms with Crippen LogP contribution in [0.3, 0.4) is 0 Å². The Morgan fingerprint density at radius 1 is 1.10 bits per heavy atom. The first-order valence-electron chi connectivity index (χ1n) is 9.80. The molecule has 1 aromatic carbocycles. The molecule has 3 amide bonds. The third-order valence-electron chi connectivity index (χ3n) is 5.35. The first-order chi connectivity index (χ1) is 14.1. The minimum atomic E-state index is -0.657. The number of rotatable bonds is 3. The molecule has 0 bridgehead atoms. The van der Waals surface area contributed by atoms with E-state index in [4.69, 9.17) is 9.47 Å². The molecule has 3 saturated heterocycles. The fraction of sp³-hybridized carbons (Fsp3) is 0.476. The summed E-state index contributed by atoms with van der Waals surface area (Å²) in [5.74, 6) is 5.59. The molecule has 4 rings (SSSR count). The standard InChI is InChI=1S/C21H23N3O5/c25-19-8-7-17(20(26)22-19)24-14-18(29-21(24)27)16-5-3-15(4-6-16)2-1-9-23-10-12-28-13-11-23/h3-6,17-18H,7-14H2,(H,22,25,26). The van der Waals surface area contributed by atoms with Gasteiger partial charge in [0.15, 0.2) is 0 Å². The van der Waals surface area contributed by atoms with Crippen molar-refractivity contribution in [2.45, 2.75) is 25.0 Å². The summed E-state index contributed by atoms with van der Waals surface area (Å²) < 4.78 is 10.8. The maximum absolute atomic E-state index is 12.2. The molecule has 2 atom stereocenters. The normalized spacial score (nSPS) is 25.2. The van der Waals surface area contributed by atoms with Gasteiger partial charge in [-0.1, -0.05) is 24.0 Å². The topological polar surface area (TPSA) is 88.2 Å². The Hall–Kier alpha value is -2.89. The van der Waals surface area contributed by atoms with E-state index in [1.165, 1.54) is 4.90 Å². The third kappa shape index (κ3) is 4.58. The number of imide groups is 1. The summed E-state index contributed by atoms with van der Waals surface area (Å²) in [6.45, 7) is 4.33. The molecule has 0 radical (unpaired) electrons. The van der Waals surface area contributed by atoms with E-state index in [1.54, 1.807) is 0 Å². The van der Waals surface area contributed by atoms with Crippen LogP contribution in [0.4, 0.5) is 4.79 Å². The number of hydrogen-bond donors (Lipinski definition) is 1. The number of nitrogens with zero attached hydrogens (tertiary/aromatic N) is 2. The second kappa shape index (κ2) is 8.64. The molecule has 29 heavy (non-hydrogen) atoms. The number of carbonyl (C=O) groups is 3. The van der Waals surface area contributed by atoms with Crippen molar-refractivity contribution < 1.29 is 23.9 Å². The predicted molar refractivity (Wildman–Crippen MR) is 103 cm³/mol. The predicted octanol–water partition coefficient (Wildman–Crippen LogP) is 0.669. The van der Waals surface area contributed by atoms with Gasteiger partial charge in [0.25, 0.3) is 0 Å². The highest BCUT2D eigenvalue weighted by Gasteiger charge is 2.41. The number of carbonyl (C=O) groups excluding carboxylic acids is 3. The van der Waals surface area contributed by atoms with Gasteiger partial charge in [0.05, 0.1) is 26.3 Å². The molecule has 1 aromatic rings. The quantitative estimate of drug-likeness (QED) is 0.596. The summed E-state index contributed by atoms with van der Waals surface area (Å²) >= 11 is 0. The molecule has 0 aromatic heterocycles. The van der Waals surface area contributed by atoms with Gasteiger partial charge >= 0.3 is 6.09 Å². The van der Waals surface area contributed by atoms with Crippen LogP contribution in [0.1, 0.15) is 30.1 Å². The number of cyclic esters (lactones) is 1. The van der Waals surface area contributed by atoms with Crippen LogP contribution in [0.15, 0.2) is 24.3 Å². The fourth-order valence-electron chi connectivity index (χ4n) is 3.68. The third-order valence-corrected chi connectivity index (χ3v) is 5.35. The maximum Gasteiger partial charge on any atom is 0.411 e. The molecular formula is C21H23N3O5. The Kier molecular flexibility index (Phi) is 5.79. The van der Waals surface area contributed by atoms with Gasteiger partial charge < -0.3 is 9.47 Å². The minimum Gasteiger partial charge on any atom is -0.439 e. The van der Waals surface area contributed by atoms with Crippen LogP contribution in [-0.2, 0) is 19.1 Å². The summed E-state index contributed by atoms with van der Waals surface area (Å²) in [7, 11) is 0. The minimum absolute atomic E-state index is 0.225. The molecule has 0 saturated carbocycles. The molecule has 3 fully saturated rings. The van der Waals surface area contributed by atoms with E-state index in [2.05, 4.69) is 22.1 Å². The highest BCUT2D eigenvalue weighted by molar-refractivity contribution is 6.01. The average Bonchev–Trinajstić information content (AvgIpc) is 3.11. The van der Waals surface area contributed by atoms with Crippen LogP contribution in [0.25, 0.3) is 0 Å². The smallest absolute Gasteiger partial charge is 0.411 e. The summed E-state index contributed by atoms with van der Waals surface area (Å²) in [4.78, 5) is 39.3. The van der Waals surface area contributed by atoms with E-state index in [-0.39, 0.29) is 18.9 Å². The molecule has 0 spiro atoms. The molecule has 8 nitrogen and oxygen atoms in total. The van der Waals surface area contributed by atoms with E-state index >= 15 is 0 Å². The Balaban J connectivity index is 1.35. The summed E-state index contributed by atoms with van der Waals surface area (Å²) in [6.07, 6.45) is -0.422. The van der Waals surface area contributed by atoms with Gasteiger partial charge in [0.2, 0.25) is 11.8 Å². The molecule has 2 unspecified atom stereocenters. The number of amides is 3. The summed E-state index contributed by atoms with van der Waals surface area (Å²) in [6, 6.07) is 6.94. The van der Waals surface area contributed by atoms with E-state index in [0.29, 0.717) is 13.0 Å². The Labute approximate surface area is 169 Å². The van der Waals surface area contributed by atoms with Crippen LogP contribution >= 0.6 is 0 Å². The molecule has 3 aliphatic rings. The van der Waals surface area contributed by atoms with Crippen LogP contribution in [-0.4, -0.2) is 73.1 Å². The monoisotopic (exact) mass is 397 g/mol. The van der Waals surface area contributed by atoms with Gasteiger partial charge in [-0.05, 0) is 24.1 Å². The Morgan fingerprint density at radius 2 is 1.86 bits per heavy atom. The van der Waals surface area contributed by atoms with Gasteiger partial charge in [-0.3, -0.25) is 24.7 Å². The zero-order chi connectivity index (χ0) is 20.2. The van der Waals surface area contributed by atoms with Crippen molar-refractivity contribution in [2.75, 3.05) is 39.4 Å². The average molecular weight is 397 g/mol. The molecule has 3 heterocycles. The van der Waals surface area contributed by atoms with Gasteiger partial charge in [-0.25, -0.2) is 4.79 Å². The lowest BCUT2D eigenvalue weighted by molar-refractivity contribution is -0.136. The van der Waals surface area contributed by atoms with Gasteiger partial charge in [-0.15, -0.1) is 0 Å². The lowest BCUT2D eigenvalue weighted by atomic mass is 10.0. The summed E-state index contributed by atoms with van der Waals surface area (Å²) in [5, 5.41) is 2.28. The molecule has 3 aliphatic heterocycles. The first-order valence-corrected chi connectivity index (χ1v) is 9.80. The number of nitrogens with one attached hydrogen (secondary N) is 1. The van der Waals surface area contributed by atoms with Crippen LogP contribution in [0.5, 0.6) is 0 Å². The number of morpholine rings is 1. The lowest BCUT2D eigenvalue weighted by Gasteiger charge is -2.27. The second-order valence-electron chi connectivity index (χ2n) is 7.30.